The lowest BCUT2D eigenvalue weighted by atomic mass is 10.1. The maximum absolute atomic E-state index is 9.39. The van der Waals surface area contributed by atoms with Crippen LogP contribution >= 0.6 is 11.3 Å². The van der Waals surface area contributed by atoms with E-state index >= 15 is 0 Å². The number of nitrogens with two attached hydrogens (primary N) is 1. The van der Waals surface area contributed by atoms with Crippen LogP contribution in [0.1, 0.15) is 5.56 Å². The molecule has 4 heteroatoms. The Morgan fingerprint density at radius 3 is 2.84 bits per heavy atom. The molecule has 0 aliphatic carbocycles. The zero-order valence-corrected chi connectivity index (χ0v) is 11.0. The van der Waals surface area contributed by atoms with Gasteiger partial charge in [0, 0.05) is 27.4 Å². The van der Waals surface area contributed by atoms with E-state index in [2.05, 4.69) is 5.38 Å². The summed E-state index contributed by atoms with van der Waals surface area (Å²) in [7, 11) is 0. The van der Waals surface area contributed by atoms with Gasteiger partial charge in [-0.05, 0) is 29.6 Å². The van der Waals surface area contributed by atoms with E-state index in [1.807, 2.05) is 24.3 Å². The monoisotopic (exact) mass is 271 g/mol. The maximum Gasteiger partial charge on any atom is 0.123 e. The molecule has 0 spiro atoms. The van der Waals surface area contributed by atoms with E-state index in [9.17, 15) is 5.11 Å². The zero-order valence-electron chi connectivity index (χ0n) is 10.2. The molecule has 0 bridgehead atoms. The summed E-state index contributed by atoms with van der Waals surface area (Å²) in [5.41, 5.74) is 7.85. The van der Waals surface area contributed by atoms with Crippen molar-refractivity contribution in [2.75, 3.05) is 5.73 Å². The predicted octanol–water partition coefficient (Wildman–Crippen LogP) is 3.77. The highest BCUT2D eigenvalue weighted by molar-refractivity contribution is 7.17. The van der Waals surface area contributed by atoms with Gasteiger partial charge >= 0.3 is 0 Å². The molecule has 0 saturated heterocycles. The Bertz CT molecular complexity index is 721. The minimum absolute atomic E-state index is 0.201. The fourth-order valence-electron chi connectivity index (χ4n) is 2.02. The molecule has 0 radical (unpaired) electrons. The second-order valence-electron chi connectivity index (χ2n) is 4.27. The van der Waals surface area contributed by atoms with Gasteiger partial charge in [-0.25, -0.2) is 0 Å². The number of nitrogen functional groups attached to an aromatic ring is 1. The van der Waals surface area contributed by atoms with Gasteiger partial charge in [0.2, 0.25) is 0 Å². The van der Waals surface area contributed by atoms with Crippen LogP contribution in [0.15, 0.2) is 47.8 Å². The van der Waals surface area contributed by atoms with Crippen molar-refractivity contribution in [2.24, 2.45) is 0 Å². The van der Waals surface area contributed by atoms with E-state index in [0.717, 1.165) is 21.3 Å². The van der Waals surface area contributed by atoms with Crippen LogP contribution in [-0.4, -0.2) is 5.11 Å². The first-order chi connectivity index (χ1) is 9.24. The number of thiophene rings is 1. The number of phenols is 1. The number of anilines is 1. The van der Waals surface area contributed by atoms with Crippen molar-refractivity contribution in [1.82, 2.24) is 0 Å². The molecule has 0 saturated carbocycles. The van der Waals surface area contributed by atoms with Crippen molar-refractivity contribution >= 4 is 27.1 Å². The Morgan fingerprint density at radius 1 is 1.16 bits per heavy atom. The van der Waals surface area contributed by atoms with Gasteiger partial charge in [0.15, 0.2) is 0 Å². The zero-order chi connectivity index (χ0) is 13.2. The van der Waals surface area contributed by atoms with Gasteiger partial charge in [0.1, 0.15) is 18.1 Å². The Hall–Kier alpha value is -2.20. The quantitative estimate of drug-likeness (QED) is 0.713. The minimum atomic E-state index is 0.201. The third-order valence-electron chi connectivity index (χ3n) is 2.92. The van der Waals surface area contributed by atoms with Crippen LogP contribution in [-0.2, 0) is 6.61 Å². The Kier molecular flexibility index (Phi) is 3.01. The van der Waals surface area contributed by atoms with Gasteiger partial charge in [-0.1, -0.05) is 12.1 Å². The number of hydrogen-bond acceptors (Lipinski definition) is 4. The highest BCUT2D eigenvalue weighted by Gasteiger charge is 2.07. The van der Waals surface area contributed by atoms with E-state index < -0.39 is 0 Å². The molecule has 0 atom stereocenters. The SMILES string of the molecule is Nc1cccc2scc(COc3cccc(O)c3)c12. The van der Waals surface area contributed by atoms with Gasteiger partial charge in [-0.3, -0.25) is 0 Å². The van der Waals surface area contributed by atoms with Crippen LogP contribution in [0.25, 0.3) is 10.1 Å². The molecular weight excluding hydrogens is 258 g/mol. The van der Waals surface area contributed by atoms with Crippen LogP contribution in [0, 0.1) is 0 Å². The average molecular weight is 271 g/mol. The molecule has 1 aromatic heterocycles. The van der Waals surface area contributed by atoms with Gasteiger partial charge in [-0.2, -0.15) is 0 Å². The Labute approximate surface area is 114 Å². The van der Waals surface area contributed by atoms with Crippen LogP contribution < -0.4 is 10.5 Å². The van der Waals surface area contributed by atoms with Crippen molar-refractivity contribution in [3.63, 3.8) is 0 Å². The first-order valence-corrected chi connectivity index (χ1v) is 6.78. The molecule has 0 unspecified atom stereocenters. The standard InChI is InChI=1S/C15H13NO2S/c16-13-5-2-6-14-15(13)10(9-19-14)8-18-12-4-1-3-11(17)7-12/h1-7,9,17H,8,16H2. The second kappa shape index (κ2) is 4.82. The van der Waals surface area contributed by atoms with E-state index in [-0.39, 0.29) is 5.75 Å². The summed E-state index contributed by atoms with van der Waals surface area (Å²) in [5.74, 6) is 0.848. The fraction of sp³-hybridized carbons (Fsp3) is 0.0667. The van der Waals surface area contributed by atoms with Crippen molar-refractivity contribution in [1.29, 1.82) is 0 Å². The normalized spacial score (nSPS) is 10.7. The largest absolute Gasteiger partial charge is 0.508 e. The van der Waals surface area contributed by atoms with Crippen molar-refractivity contribution in [3.05, 3.63) is 53.4 Å². The number of ether oxygens (including phenoxy) is 1. The third-order valence-corrected chi connectivity index (χ3v) is 3.92. The van der Waals surface area contributed by atoms with Crippen LogP contribution in [0.3, 0.4) is 0 Å². The summed E-state index contributed by atoms with van der Waals surface area (Å²) < 4.78 is 6.85. The van der Waals surface area contributed by atoms with Gasteiger partial charge in [0.25, 0.3) is 0 Å². The molecule has 19 heavy (non-hydrogen) atoms. The van der Waals surface area contributed by atoms with Crippen molar-refractivity contribution in [2.45, 2.75) is 6.61 Å². The first-order valence-electron chi connectivity index (χ1n) is 5.90. The van der Waals surface area contributed by atoms with Crippen LogP contribution in [0.5, 0.6) is 11.5 Å². The van der Waals surface area contributed by atoms with Gasteiger partial charge < -0.3 is 15.6 Å². The molecule has 3 rings (SSSR count). The van der Waals surface area contributed by atoms with E-state index in [1.165, 1.54) is 0 Å². The first kappa shape index (κ1) is 11.9. The van der Waals surface area contributed by atoms with Gasteiger partial charge in [-0.15, -0.1) is 11.3 Å². The smallest absolute Gasteiger partial charge is 0.123 e. The minimum Gasteiger partial charge on any atom is -0.508 e. The lowest BCUT2D eigenvalue weighted by molar-refractivity contribution is 0.306. The molecule has 0 aliphatic heterocycles. The third kappa shape index (κ3) is 2.35. The Balaban J connectivity index is 1.86. The Morgan fingerprint density at radius 2 is 2.00 bits per heavy atom. The van der Waals surface area contributed by atoms with E-state index in [4.69, 9.17) is 10.5 Å². The molecule has 1 heterocycles. The van der Waals surface area contributed by atoms with Crippen molar-refractivity contribution in [3.8, 4) is 11.5 Å². The average Bonchev–Trinajstić information content (AvgIpc) is 2.81. The van der Waals surface area contributed by atoms with Crippen LogP contribution in [0.4, 0.5) is 5.69 Å². The lowest BCUT2D eigenvalue weighted by Crippen LogP contribution is -1.95. The van der Waals surface area contributed by atoms with E-state index in [1.54, 1.807) is 29.5 Å². The molecule has 96 valence electrons. The highest BCUT2D eigenvalue weighted by atomic mass is 32.1. The maximum atomic E-state index is 9.39. The summed E-state index contributed by atoms with van der Waals surface area (Å²) >= 11 is 1.66. The topological polar surface area (TPSA) is 55.5 Å². The van der Waals surface area contributed by atoms with Crippen LogP contribution in [0.2, 0.25) is 0 Å². The van der Waals surface area contributed by atoms with E-state index in [0.29, 0.717) is 12.4 Å². The number of fused-ring (bicyclic) bond motifs is 1. The molecular formula is C15H13NO2S. The lowest BCUT2D eigenvalue weighted by Gasteiger charge is -2.06. The fourth-order valence-corrected chi connectivity index (χ4v) is 3.00. The molecule has 3 N–H and O–H groups in total. The second-order valence-corrected chi connectivity index (χ2v) is 5.18. The molecule has 2 aromatic carbocycles. The summed E-state index contributed by atoms with van der Waals surface area (Å²) in [6.45, 7) is 0.442. The number of benzene rings is 2. The molecule has 0 fully saturated rings. The summed E-state index contributed by atoms with van der Waals surface area (Å²) in [6, 6.07) is 12.7. The van der Waals surface area contributed by atoms with Crippen molar-refractivity contribution < 1.29 is 9.84 Å². The number of hydrogen-bond donors (Lipinski definition) is 2. The summed E-state index contributed by atoms with van der Waals surface area (Å²) in [5, 5.41) is 12.5. The van der Waals surface area contributed by atoms with Gasteiger partial charge in [0.05, 0.1) is 0 Å². The number of aromatic hydroxyl groups is 1. The predicted molar refractivity (Wildman–Crippen MR) is 78.7 cm³/mol. The molecule has 0 aliphatic rings. The molecule has 0 amide bonds. The summed E-state index contributed by atoms with van der Waals surface area (Å²) in [4.78, 5) is 0. The molecule has 3 nitrogen and oxygen atoms in total. The number of rotatable bonds is 3. The number of phenolic OH excluding ortho intramolecular Hbond substituents is 1. The highest BCUT2D eigenvalue weighted by Crippen LogP contribution is 2.31. The summed E-state index contributed by atoms with van der Waals surface area (Å²) in [6.07, 6.45) is 0. The molecule has 3 aromatic rings.